The quantitative estimate of drug-likeness (QED) is 0.370. The Labute approximate surface area is 204 Å². The first-order valence-electron chi connectivity index (χ1n) is 13.0. The molecule has 4 aliphatic rings. The van der Waals surface area contributed by atoms with Gasteiger partial charge in [-0.1, -0.05) is 25.5 Å². The van der Waals surface area contributed by atoms with Gasteiger partial charge in [-0.2, -0.15) is 0 Å². The zero-order valence-corrected chi connectivity index (χ0v) is 21.9. The predicted octanol–water partition coefficient (Wildman–Crippen LogP) is 3.24. The highest BCUT2D eigenvalue weighted by atomic mass is 16.6. The Morgan fingerprint density at radius 1 is 1.26 bits per heavy atom. The van der Waals surface area contributed by atoms with Crippen LogP contribution < -0.4 is 0 Å². The van der Waals surface area contributed by atoms with Crippen molar-refractivity contribution in [3.63, 3.8) is 0 Å². The minimum atomic E-state index is -0.331. The van der Waals surface area contributed by atoms with E-state index in [-0.39, 0.29) is 47.6 Å². The van der Waals surface area contributed by atoms with E-state index in [1.54, 1.807) is 12.0 Å². The van der Waals surface area contributed by atoms with E-state index in [0.29, 0.717) is 19.7 Å². The molecule has 4 fully saturated rings. The minimum absolute atomic E-state index is 0.0104. The number of likely N-dealkylation sites (N-methyl/N-ethyl adjacent to an activating group) is 1. The predicted molar refractivity (Wildman–Crippen MR) is 129 cm³/mol. The van der Waals surface area contributed by atoms with Crippen LogP contribution in [-0.4, -0.2) is 105 Å². The summed E-state index contributed by atoms with van der Waals surface area (Å²) in [5.41, 5.74) is 0.743. The summed E-state index contributed by atoms with van der Waals surface area (Å²) < 4.78 is 30.4. The molecule has 3 aliphatic heterocycles. The summed E-state index contributed by atoms with van der Waals surface area (Å²) >= 11 is 0. The van der Waals surface area contributed by atoms with Crippen molar-refractivity contribution >= 4 is 6.09 Å². The van der Waals surface area contributed by atoms with E-state index in [1.165, 1.54) is 5.57 Å². The molecule has 0 aromatic carbocycles. The summed E-state index contributed by atoms with van der Waals surface area (Å²) in [4.78, 5) is 17.3. The van der Waals surface area contributed by atoms with Crippen molar-refractivity contribution in [2.75, 3.05) is 53.0 Å². The number of methoxy groups -OCH3 is 1. The number of ether oxygens (including phenoxy) is 5. The lowest BCUT2D eigenvalue weighted by atomic mass is 9.68. The largest absolute Gasteiger partial charge is 0.443 e. The summed E-state index contributed by atoms with van der Waals surface area (Å²) in [6.45, 7) is 15.8. The van der Waals surface area contributed by atoms with Crippen LogP contribution in [0.5, 0.6) is 0 Å². The van der Waals surface area contributed by atoms with Gasteiger partial charge in [-0.25, -0.2) is 4.79 Å². The maximum Gasteiger partial charge on any atom is 0.410 e. The second kappa shape index (κ2) is 10.4. The normalized spacial score (nSPS) is 39.3. The fraction of sp³-hybridized carbons (Fsp3) is 0.885. The molecule has 1 aliphatic carbocycles. The van der Waals surface area contributed by atoms with E-state index < -0.39 is 0 Å². The fourth-order valence-electron chi connectivity index (χ4n) is 6.04. The molecule has 1 spiro atoms. The van der Waals surface area contributed by atoms with Gasteiger partial charge in [0.25, 0.3) is 0 Å². The first-order chi connectivity index (χ1) is 16.3. The maximum atomic E-state index is 13.2. The van der Waals surface area contributed by atoms with Crippen LogP contribution in [0.3, 0.4) is 0 Å². The molecular weight excluding hydrogens is 436 g/mol. The van der Waals surface area contributed by atoms with E-state index in [1.807, 2.05) is 0 Å². The number of nitrogens with zero attached hydrogens (tertiary/aromatic N) is 2. The first-order valence-corrected chi connectivity index (χ1v) is 13.0. The van der Waals surface area contributed by atoms with E-state index in [2.05, 4.69) is 45.6 Å². The number of carbonyl (C=O) groups is 1. The molecule has 0 aromatic rings. The highest BCUT2D eigenvalue weighted by Crippen LogP contribution is 2.59. The minimum Gasteiger partial charge on any atom is -0.443 e. The zero-order chi connectivity index (χ0) is 24.5. The van der Waals surface area contributed by atoms with Gasteiger partial charge in [-0.3, -0.25) is 0 Å². The molecule has 0 aromatic heterocycles. The van der Waals surface area contributed by atoms with Gasteiger partial charge in [0.15, 0.2) is 0 Å². The van der Waals surface area contributed by atoms with E-state index >= 15 is 0 Å². The van der Waals surface area contributed by atoms with Crippen LogP contribution in [0.1, 0.15) is 53.9 Å². The Balaban J connectivity index is 1.40. The summed E-state index contributed by atoms with van der Waals surface area (Å²) in [6.07, 6.45) is 4.02. The topological polar surface area (TPSA) is 76.3 Å². The number of morpholine rings is 1. The van der Waals surface area contributed by atoms with Crippen molar-refractivity contribution in [1.82, 2.24) is 9.80 Å². The number of hydrogen-bond acceptors (Lipinski definition) is 7. The molecule has 4 rings (SSSR count). The Hall–Kier alpha value is -1.19. The monoisotopic (exact) mass is 480 g/mol. The number of amides is 1. The Morgan fingerprint density at radius 2 is 2.00 bits per heavy atom. The second-order valence-electron chi connectivity index (χ2n) is 10.7. The Kier molecular flexibility index (Phi) is 7.94. The number of rotatable bonds is 9. The third-order valence-electron chi connectivity index (χ3n) is 8.24. The summed E-state index contributed by atoms with van der Waals surface area (Å²) in [5, 5.41) is 0. The third-order valence-corrected chi connectivity index (χ3v) is 8.24. The smallest absolute Gasteiger partial charge is 0.410 e. The molecule has 1 saturated carbocycles. The number of allylic oxidation sites excluding steroid dienone is 1. The molecule has 34 heavy (non-hydrogen) atoms. The zero-order valence-electron chi connectivity index (χ0n) is 21.9. The SMILES string of the molecule is CCN(CC)CC1CN(C(=O)O[C@@H]2CC[C@]3(CO3)C([C@@]3(C)O[C@@H]3CC=C(C)C)[C@@H]2OC)CCO1. The van der Waals surface area contributed by atoms with Crippen LogP contribution in [-0.2, 0) is 23.7 Å². The standard InChI is InChI=1S/C26H44N2O6/c1-7-27(8-2)15-19-16-28(13-14-31-19)24(29)33-20-11-12-26(17-32-26)23(22(20)30-6)25(5)21(34-25)10-9-18(3)4/h9,19-23H,7-8,10-17H2,1-6H3/t19?,20-,21-,22-,23?,25+,26+/m1/s1. The van der Waals surface area contributed by atoms with Gasteiger partial charge in [-0.15, -0.1) is 0 Å². The maximum absolute atomic E-state index is 13.2. The first kappa shape index (κ1) is 25.9. The molecular formula is C26H44N2O6. The average molecular weight is 481 g/mol. The molecule has 0 radical (unpaired) electrons. The van der Waals surface area contributed by atoms with Gasteiger partial charge >= 0.3 is 6.09 Å². The molecule has 3 saturated heterocycles. The number of carbonyl (C=O) groups excluding carboxylic acids is 1. The van der Waals surface area contributed by atoms with E-state index in [0.717, 1.165) is 45.5 Å². The molecule has 8 nitrogen and oxygen atoms in total. The second-order valence-corrected chi connectivity index (χ2v) is 10.7. The van der Waals surface area contributed by atoms with Crippen LogP contribution in [0.15, 0.2) is 11.6 Å². The van der Waals surface area contributed by atoms with Crippen LogP contribution in [0, 0.1) is 5.92 Å². The molecule has 0 N–H and O–H groups in total. The van der Waals surface area contributed by atoms with Crippen molar-refractivity contribution in [3.05, 3.63) is 11.6 Å². The van der Waals surface area contributed by atoms with Gasteiger partial charge in [0.2, 0.25) is 0 Å². The molecule has 7 atom stereocenters. The van der Waals surface area contributed by atoms with Gasteiger partial charge < -0.3 is 33.5 Å². The number of epoxide rings is 2. The average Bonchev–Trinajstić information content (AvgIpc) is 3.74. The van der Waals surface area contributed by atoms with Crippen LogP contribution in [0.25, 0.3) is 0 Å². The summed E-state index contributed by atoms with van der Waals surface area (Å²) in [7, 11) is 1.71. The van der Waals surface area contributed by atoms with Crippen molar-refractivity contribution in [2.24, 2.45) is 5.92 Å². The van der Waals surface area contributed by atoms with Gasteiger partial charge in [0, 0.05) is 20.2 Å². The van der Waals surface area contributed by atoms with Crippen LogP contribution in [0.2, 0.25) is 0 Å². The lowest BCUT2D eigenvalue weighted by Crippen LogP contribution is -2.57. The molecule has 0 bridgehead atoms. The van der Waals surface area contributed by atoms with Crippen LogP contribution >= 0.6 is 0 Å². The fourth-order valence-corrected chi connectivity index (χ4v) is 6.04. The van der Waals surface area contributed by atoms with Gasteiger partial charge in [0.05, 0.1) is 37.9 Å². The van der Waals surface area contributed by atoms with Crippen molar-refractivity contribution in [3.8, 4) is 0 Å². The molecule has 194 valence electrons. The molecule has 2 unspecified atom stereocenters. The highest BCUT2D eigenvalue weighted by molar-refractivity contribution is 5.68. The van der Waals surface area contributed by atoms with Gasteiger partial charge in [-0.05, 0) is 53.1 Å². The van der Waals surface area contributed by atoms with E-state index in [4.69, 9.17) is 23.7 Å². The van der Waals surface area contributed by atoms with Crippen LogP contribution in [0.4, 0.5) is 4.79 Å². The van der Waals surface area contributed by atoms with Crippen molar-refractivity contribution in [2.45, 2.75) is 89.5 Å². The molecule has 3 heterocycles. The summed E-state index contributed by atoms with van der Waals surface area (Å²) in [6, 6.07) is 0. The van der Waals surface area contributed by atoms with E-state index in [9.17, 15) is 4.79 Å². The van der Waals surface area contributed by atoms with Crippen molar-refractivity contribution in [1.29, 1.82) is 0 Å². The molecule has 8 heteroatoms. The molecule has 1 amide bonds. The summed E-state index contributed by atoms with van der Waals surface area (Å²) in [5.74, 6) is 0.0345. The third kappa shape index (κ3) is 5.31. The van der Waals surface area contributed by atoms with Crippen molar-refractivity contribution < 1.29 is 28.5 Å². The Morgan fingerprint density at radius 3 is 2.62 bits per heavy atom. The number of hydrogen-bond donors (Lipinski definition) is 0. The highest BCUT2D eigenvalue weighted by Gasteiger charge is 2.72. The lowest BCUT2D eigenvalue weighted by molar-refractivity contribution is -0.125. The van der Waals surface area contributed by atoms with Gasteiger partial charge in [0.1, 0.15) is 23.4 Å². The lowest BCUT2D eigenvalue weighted by Gasteiger charge is -2.43. The Bertz CT molecular complexity index is 748.